The zero-order valence-corrected chi connectivity index (χ0v) is 16.1. The number of fused-ring (bicyclic) bond motifs is 1. The highest BCUT2D eigenvalue weighted by molar-refractivity contribution is 9.10. The molecule has 4 N–H and O–H groups in total. The predicted octanol–water partition coefficient (Wildman–Crippen LogP) is 2.65. The lowest BCUT2D eigenvalue weighted by molar-refractivity contribution is -0.128. The minimum atomic E-state index is 0.431. The molecule has 0 bridgehead atoms. The van der Waals surface area contributed by atoms with Gasteiger partial charge in [0.25, 0.3) is 6.47 Å². The summed E-state index contributed by atoms with van der Waals surface area (Å²) in [6, 6.07) is 2.17. The minimum absolute atomic E-state index is 0.431. The number of rotatable bonds is 6. The number of allylic oxidation sites excluding steroid dienone is 1. The summed E-state index contributed by atoms with van der Waals surface area (Å²) in [6.07, 6.45) is 8.46. The Balaban J connectivity index is 0.000000399. The van der Waals surface area contributed by atoms with Crippen LogP contribution >= 0.6 is 15.9 Å². The Bertz CT molecular complexity index is 751. The van der Waals surface area contributed by atoms with E-state index in [-0.39, 0.29) is 0 Å². The first-order valence-electron chi connectivity index (χ1n) is 8.12. The van der Waals surface area contributed by atoms with Crippen molar-refractivity contribution >= 4 is 28.0 Å². The molecule has 8 heteroatoms. The second-order valence-electron chi connectivity index (χ2n) is 5.96. The molecular weight excluding hydrogens is 386 g/mol. The zero-order chi connectivity index (χ0) is 18.4. The fourth-order valence-electron chi connectivity index (χ4n) is 2.41. The maximum absolute atomic E-state index is 9.18. The molecule has 0 aromatic carbocycles. The van der Waals surface area contributed by atoms with Crippen molar-refractivity contribution in [2.75, 3.05) is 6.61 Å². The third kappa shape index (κ3) is 5.75. The second-order valence-corrected chi connectivity index (χ2v) is 6.81. The highest BCUT2D eigenvalue weighted by atomic mass is 79.9. The number of ether oxygens (including phenoxy) is 1. The van der Waals surface area contributed by atoms with Crippen molar-refractivity contribution in [3.05, 3.63) is 46.1 Å². The fraction of sp³-hybridized carbons (Fsp3) is 0.412. The van der Waals surface area contributed by atoms with Crippen molar-refractivity contribution in [3.8, 4) is 0 Å². The lowest BCUT2D eigenvalue weighted by Gasteiger charge is -2.11. The number of carbonyl (C=O) groups is 1. The van der Waals surface area contributed by atoms with Crippen LogP contribution in [0.1, 0.15) is 43.9 Å². The number of hydrazine groups is 1. The number of carbonyl (C=O) groups excluding carboxylic acids is 1. The average molecular weight is 410 g/mol. The number of nitrogens with zero attached hydrogens (tertiary/aromatic N) is 3. The van der Waals surface area contributed by atoms with Crippen LogP contribution in [0.4, 0.5) is 0 Å². The maximum Gasteiger partial charge on any atom is 0.293 e. The molecular formula is C17H24BrN5O2. The maximum atomic E-state index is 9.18. The van der Waals surface area contributed by atoms with Gasteiger partial charge in [0.15, 0.2) is 5.65 Å². The first-order chi connectivity index (χ1) is 11.9. The standard InChI is InChI=1S/C14H18BrN5.C3H6O2/c1-9(16)5-20(17)8-12-7-19-6-11(10-2-3-10)4-13(15)14(19)18-12;1-2-5-3-4/h4-7,10H,2-3,8,16-17H2,1H3;3H,2H2,1H3/b9-5-;. The van der Waals surface area contributed by atoms with Gasteiger partial charge < -0.3 is 19.9 Å². The van der Waals surface area contributed by atoms with Gasteiger partial charge in [-0.2, -0.15) is 0 Å². The van der Waals surface area contributed by atoms with Crippen LogP contribution in [-0.4, -0.2) is 27.5 Å². The van der Waals surface area contributed by atoms with Crippen molar-refractivity contribution in [3.63, 3.8) is 0 Å². The number of aromatic nitrogens is 2. The van der Waals surface area contributed by atoms with Crippen LogP contribution in [0, 0.1) is 0 Å². The molecule has 136 valence electrons. The summed E-state index contributed by atoms with van der Waals surface area (Å²) in [5.41, 5.74) is 9.50. The molecule has 2 heterocycles. The van der Waals surface area contributed by atoms with E-state index in [2.05, 4.69) is 42.3 Å². The Kier molecular flexibility index (Phi) is 6.83. The Morgan fingerprint density at radius 1 is 1.52 bits per heavy atom. The Labute approximate surface area is 155 Å². The van der Waals surface area contributed by atoms with Crippen LogP contribution in [-0.2, 0) is 16.1 Å². The predicted molar refractivity (Wildman–Crippen MR) is 100 cm³/mol. The van der Waals surface area contributed by atoms with E-state index in [1.807, 2.05) is 13.1 Å². The van der Waals surface area contributed by atoms with Crippen molar-refractivity contribution in [2.45, 2.75) is 39.2 Å². The topological polar surface area (TPSA) is 98.9 Å². The Morgan fingerprint density at radius 2 is 2.24 bits per heavy atom. The Morgan fingerprint density at radius 3 is 2.76 bits per heavy atom. The van der Waals surface area contributed by atoms with Gasteiger partial charge in [-0.15, -0.1) is 0 Å². The summed E-state index contributed by atoms with van der Waals surface area (Å²) < 4.78 is 7.25. The number of halogens is 1. The van der Waals surface area contributed by atoms with Crippen LogP contribution < -0.4 is 11.6 Å². The van der Waals surface area contributed by atoms with Crippen LogP contribution in [0.5, 0.6) is 0 Å². The van der Waals surface area contributed by atoms with E-state index in [1.54, 1.807) is 18.1 Å². The van der Waals surface area contributed by atoms with E-state index in [1.165, 1.54) is 18.4 Å². The SMILES string of the molecule is C/C(N)=C/N(N)Cc1cn2cc(C3CC3)cc(Br)c2n1.CCOC=O. The number of hydrogen-bond donors (Lipinski definition) is 2. The smallest absolute Gasteiger partial charge is 0.293 e. The monoisotopic (exact) mass is 409 g/mol. The third-order valence-corrected chi connectivity index (χ3v) is 4.16. The van der Waals surface area contributed by atoms with Crippen LogP contribution in [0.25, 0.3) is 5.65 Å². The molecule has 1 aliphatic rings. The molecule has 1 aliphatic carbocycles. The molecule has 0 amide bonds. The number of imidazole rings is 1. The van der Waals surface area contributed by atoms with Crippen LogP contribution in [0.3, 0.4) is 0 Å². The fourth-order valence-corrected chi connectivity index (χ4v) is 2.96. The van der Waals surface area contributed by atoms with Gasteiger partial charge in [0.1, 0.15) is 0 Å². The van der Waals surface area contributed by atoms with E-state index in [9.17, 15) is 4.79 Å². The Hall–Kier alpha value is -2.06. The van der Waals surface area contributed by atoms with Gasteiger partial charge in [0, 0.05) is 24.3 Å². The molecule has 0 spiro atoms. The lowest BCUT2D eigenvalue weighted by atomic mass is 10.2. The first kappa shape index (κ1) is 19.3. The summed E-state index contributed by atoms with van der Waals surface area (Å²) in [5, 5.41) is 1.55. The highest BCUT2D eigenvalue weighted by Gasteiger charge is 2.24. The van der Waals surface area contributed by atoms with Crippen LogP contribution in [0.2, 0.25) is 0 Å². The normalized spacial score (nSPS) is 14.0. The summed E-state index contributed by atoms with van der Waals surface area (Å²) in [7, 11) is 0. The second kappa shape index (κ2) is 8.87. The molecule has 7 nitrogen and oxygen atoms in total. The molecule has 0 saturated heterocycles. The molecule has 0 aliphatic heterocycles. The van der Waals surface area contributed by atoms with Crippen molar-refractivity contribution in [1.82, 2.24) is 14.4 Å². The first-order valence-corrected chi connectivity index (χ1v) is 8.91. The lowest BCUT2D eigenvalue weighted by Crippen LogP contribution is -2.25. The van der Waals surface area contributed by atoms with Gasteiger partial charge in [-0.1, -0.05) is 0 Å². The van der Waals surface area contributed by atoms with Crippen LogP contribution in [0.15, 0.2) is 34.8 Å². The van der Waals surface area contributed by atoms with E-state index in [0.717, 1.165) is 21.7 Å². The zero-order valence-electron chi connectivity index (χ0n) is 14.5. The molecule has 1 fully saturated rings. The minimum Gasteiger partial charge on any atom is -0.468 e. The summed E-state index contributed by atoms with van der Waals surface area (Å²) in [6.45, 7) is 5.00. The molecule has 0 unspecified atom stereocenters. The molecule has 0 atom stereocenters. The third-order valence-electron chi connectivity index (χ3n) is 3.57. The summed E-state index contributed by atoms with van der Waals surface area (Å²) in [5.74, 6) is 6.59. The van der Waals surface area contributed by atoms with Gasteiger partial charge in [-0.25, -0.2) is 10.8 Å². The average Bonchev–Trinajstić information content (AvgIpc) is 3.29. The molecule has 0 radical (unpaired) electrons. The van der Waals surface area contributed by atoms with Gasteiger partial charge in [-0.05, 0) is 60.2 Å². The van der Waals surface area contributed by atoms with E-state index in [4.69, 9.17) is 11.6 Å². The van der Waals surface area contributed by atoms with E-state index < -0.39 is 0 Å². The van der Waals surface area contributed by atoms with Gasteiger partial charge in [0.05, 0.1) is 23.3 Å². The molecule has 25 heavy (non-hydrogen) atoms. The summed E-state index contributed by atoms with van der Waals surface area (Å²) in [4.78, 5) is 13.8. The van der Waals surface area contributed by atoms with E-state index >= 15 is 0 Å². The number of hydrogen-bond acceptors (Lipinski definition) is 6. The molecule has 3 rings (SSSR count). The van der Waals surface area contributed by atoms with Gasteiger partial charge in [0.2, 0.25) is 0 Å². The van der Waals surface area contributed by atoms with Crippen molar-refractivity contribution < 1.29 is 9.53 Å². The van der Waals surface area contributed by atoms with Crippen molar-refractivity contribution in [2.24, 2.45) is 11.6 Å². The highest BCUT2D eigenvalue weighted by Crippen LogP contribution is 2.41. The van der Waals surface area contributed by atoms with Gasteiger partial charge >= 0.3 is 0 Å². The summed E-state index contributed by atoms with van der Waals surface area (Å²) >= 11 is 3.60. The van der Waals surface area contributed by atoms with Gasteiger partial charge in [-0.3, -0.25) is 4.79 Å². The molecule has 2 aromatic rings. The van der Waals surface area contributed by atoms with E-state index in [0.29, 0.717) is 25.3 Å². The molecule has 1 saturated carbocycles. The molecule has 2 aromatic heterocycles. The number of pyridine rings is 1. The van der Waals surface area contributed by atoms with Crippen molar-refractivity contribution in [1.29, 1.82) is 0 Å². The quantitative estimate of drug-likeness (QED) is 0.432. The largest absolute Gasteiger partial charge is 0.468 e. The number of nitrogens with two attached hydrogens (primary N) is 2.